The number of carbonyl (C=O) groups excluding carboxylic acids is 2. The summed E-state index contributed by atoms with van der Waals surface area (Å²) in [7, 11) is 1.90. The van der Waals surface area contributed by atoms with Crippen molar-refractivity contribution in [1.82, 2.24) is 9.55 Å². The van der Waals surface area contributed by atoms with Crippen LogP contribution < -0.4 is 10.1 Å². The van der Waals surface area contributed by atoms with E-state index in [9.17, 15) is 9.59 Å². The maximum Gasteiger partial charge on any atom is 0.343 e. The summed E-state index contributed by atoms with van der Waals surface area (Å²) in [6, 6.07) is 11.8. The molecule has 0 fully saturated rings. The van der Waals surface area contributed by atoms with E-state index in [4.69, 9.17) is 4.74 Å². The van der Waals surface area contributed by atoms with Crippen molar-refractivity contribution < 1.29 is 14.3 Å². The lowest BCUT2D eigenvalue weighted by atomic mass is 10.2. The SMILES string of the molecule is CC(=O)Nc1ccc(C(=O)Oc2ccc3c(c2)ncn3C)cc1. The third-order valence-corrected chi connectivity index (χ3v) is 3.35. The number of esters is 1. The highest BCUT2D eigenvalue weighted by molar-refractivity contribution is 5.93. The number of amides is 1. The molecule has 0 aliphatic carbocycles. The van der Waals surface area contributed by atoms with Crippen molar-refractivity contribution in [1.29, 1.82) is 0 Å². The number of aromatic nitrogens is 2. The number of benzene rings is 2. The van der Waals surface area contributed by atoms with Gasteiger partial charge in [0.25, 0.3) is 0 Å². The zero-order valence-electron chi connectivity index (χ0n) is 12.7. The minimum absolute atomic E-state index is 0.163. The highest BCUT2D eigenvalue weighted by Crippen LogP contribution is 2.20. The van der Waals surface area contributed by atoms with Crippen LogP contribution in [0.25, 0.3) is 11.0 Å². The average molecular weight is 309 g/mol. The number of imidazole rings is 1. The van der Waals surface area contributed by atoms with Gasteiger partial charge in [0.1, 0.15) is 5.75 Å². The number of ether oxygens (including phenoxy) is 1. The van der Waals surface area contributed by atoms with Crippen LogP contribution in [0.5, 0.6) is 5.75 Å². The van der Waals surface area contributed by atoms with Gasteiger partial charge in [-0.15, -0.1) is 0 Å². The summed E-state index contributed by atoms with van der Waals surface area (Å²) in [5, 5.41) is 2.64. The molecular weight excluding hydrogens is 294 g/mol. The van der Waals surface area contributed by atoms with Crippen LogP contribution in [0.3, 0.4) is 0 Å². The van der Waals surface area contributed by atoms with Gasteiger partial charge >= 0.3 is 5.97 Å². The second-order valence-corrected chi connectivity index (χ2v) is 5.15. The predicted molar refractivity (Wildman–Crippen MR) is 86.4 cm³/mol. The summed E-state index contributed by atoms with van der Waals surface area (Å²) in [5.74, 6) is -0.189. The number of aryl methyl sites for hydroxylation is 1. The maximum absolute atomic E-state index is 12.2. The second-order valence-electron chi connectivity index (χ2n) is 5.15. The van der Waals surface area contributed by atoms with E-state index in [2.05, 4.69) is 10.3 Å². The van der Waals surface area contributed by atoms with Gasteiger partial charge in [-0.05, 0) is 36.4 Å². The third-order valence-electron chi connectivity index (χ3n) is 3.35. The number of anilines is 1. The van der Waals surface area contributed by atoms with Crippen molar-refractivity contribution in [3.63, 3.8) is 0 Å². The Morgan fingerprint density at radius 2 is 1.87 bits per heavy atom. The maximum atomic E-state index is 12.2. The fraction of sp³-hybridized carbons (Fsp3) is 0.118. The molecule has 0 saturated heterocycles. The van der Waals surface area contributed by atoms with Crippen LogP contribution in [0.1, 0.15) is 17.3 Å². The fourth-order valence-electron chi connectivity index (χ4n) is 2.24. The van der Waals surface area contributed by atoms with E-state index in [0.29, 0.717) is 17.0 Å². The van der Waals surface area contributed by atoms with Gasteiger partial charge in [-0.3, -0.25) is 4.79 Å². The van der Waals surface area contributed by atoms with Crippen LogP contribution in [0.4, 0.5) is 5.69 Å². The third kappa shape index (κ3) is 3.21. The zero-order chi connectivity index (χ0) is 16.4. The first-order valence-corrected chi connectivity index (χ1v) is 7.04. The first-order valence-electron chi connectivity index (χ1n) is 7.04. The summed E-state index contributed by atoms with van der Waals surface area (Å²) >= 11 is 0. The lowest BCUT2D eigenvalue weighted by Gasteiger charge is -2.06. The zero-order valence-corrected chi connectivity index (χ0v) is 12.7. The van der Waals surface area contributed by atoms with E-state index in [1.54, 1.807) is 42.7 Å². The number of hydrogen-bond acceptors (Lipinski definition) is 4. The molecule has 1 amide bonds. The van der Waals surface area contributed by atoms with Gasteiger partial charge in [0.15, 0.2) is 0 Å². The van der Waals surface area contributed by atoms with Gasteiger partial charge in [-0.1, -0.05) is 0 Å². The quantitative estimate of drug-likeness (QED) is 0.596. The Labute approximate surface area is 132 Å². The van der Waals surface area contributed by atoms with E-state index in [0.717, 1.165) is 11.0 Å². The molecule has 23 heavy (non-hydrogen) atoms. The molecule has 6 nitrogen and oxygen atoms in total. The molecule has 0 aliphatic rings. The highest BCUT2D eigenvalue weighted by Gasteiger charge is 2.10. The Kier molecular flexibility index (Phi) is 3.80. The van der Waals surface area contributed by atoms with Gasteiger partial charge in [-0.2, -0.15) is 0 Å². The van der Waals surface area contributed by atoms with Crippen LogP contribution in [0, 0.1) is 0 Å². The van der Waals surface area contributed by atoms with Crippen molar-refractivity contribution in [2.24, 2.45) is 7.05 Å². The van der Waals surface area contributed by atoms with E-state index in [-0.39, 0.29) is 5.91 Å². The molecule has 1 aromatic heterocycles. The Morgan fingerprint density at radius 3 is 2.57 bits per heavy atom. The van der Waals surface area contributed by atoms with Crippen LogP contribution >= 0.6 is 0 Å². The highest BCUT2D eigenvalue weighted by atomic mass is 16.5. The van der Waals surface area contributed by atoms with Gasteiger partial charge in [0.2, 0.25) is 5.91 Å². The molecule has 0 aliphatic heterocycles. The second kappa shape index (κ2) is 5.92. The Morgan fingerprint density at radius 1 is 1.13 bits per heavy atom. The largest absolute Gasteiger partial charge is 0.423 e. The van der Waals surface area contributed by atoms with Crippen molar-refractivity contribution in [2.75, 3.05) is 5.32 Å². The van der Waals surface area contributed by atoms with E-state index in [1.165, 1.54) is 6.92 Å². The minimum atomic E-state index is -0.463. The predicted octanol–water partition coefficient (Wildman–Crippen LogP) is 2.75. The standard InChI is InChI=1S/C17H15N3O3/c1-11(21)19-13-5-3-12(4-6-13)17(22)23-14-7-8-16-15(9-14)18-10-20(16)2/h3-10H,1-2H3,(H,19,21). The number of hydrogen-bond donors (Lipinski definition) is 1. The number of nitrogens with zero attached hydrogens (tertiary/aromatic N) is 2. The number of carbonyl (C=O) groups is 2. The average Bonchev–Trinajstić information content (AvgIpc) is 2.88. The monoisotopic (exact) mass is 309 g/mol. The van der Waals surface area contributed by atoms with E-state index in [1.807, 2.05) is 17.7 Å². The summed E-state index contributed by atoms with van der Waals surface area (Å²) in [6.07, 6.45) is 1.71. The van der Waals surface area contributed by atoms with Gasteiger partial charge < -0.3 is 14.6 Å². The van der Waals surface area contributed by atoms with Gasteiger partial charge in [0.05, 0.1) is 22.9 Å². The Balaban J connectivity index is 1.75. The van der Waals surface area contributed by atoms with E-state index >= 15 is 0 Å². The normalized spacial score (nSPS) is 10.5. The van der Waals surface area contributed by atoms with Crippen LogP contribution in [-0.4, -0.2) is 21.4 Å². The molecule has 3 aromatic rings. The van der Waals surface area contributed by atoms with Gasteiger partial charge in [-0.25, -0.2) is 9.78 Å². The van der Waals surface area contributed by atoms with Gasteiger partial charge in [0, 0.05) is 25.7 Å². The first kappa shape index (κ1) is 14.8. The molecule has 0 unspecified atom stereocenters. The Hall–Kier alpha value is -3.15. The summed E-state index contributed by atoms with van der Waals surface area (Å²) in [5.41, 5.74) is 2.76. The number of rotatable bonds is 3. The van der Waals surface area contributed by atoms with Crippen molar-refractivity contribution in [3.8, 4) is 5.75 Å². The minimum Gasteiger partial charge on any atom is -0.423 e. The molecule has 1 heterocycles. The molecule has 3 rings (SSSR count). The molecule has 0 radical (unpaired) electrons. The molecule has 116 valence electrons. The summed E-state index contributed by atoms with van der Waals surface area (Å²) in [6.45, 7) is 1.43. The summed E-state index contributed by atoms with van der Waals surface area (Å²) in [4.78, 5) is 27.4. The molecule has 0 saturated carbocycles. The number of nitrogens with one attached hydrogen (secondary N) is 1. The molecule has 6 heteroatoms. The van der Waals surface area contributed by atoms with Crippen LogP contribution in [-0.2, 0) is 11.8 Å². The Bertz CT molecular complexity index is 882. The van der Waals surface area contributed by atoms with Crippen LogP contribution in [0.2, 0.25) is 0 Å². The molecule has 0 bridgehead atoms. The van der Waals surface area contributed by atoms with Crippen molar-refractivity contribution in [2.45, 2.75) is 6.92 Å². The molecule has 0 spiro atoms. The van der Waals surface area contributed by atoms with Crippen molar-refractivity contribution >= 4 is 28.6 Å². The topological polar surface area (TPSA) is 73.2 Å². The summed E-state index contributed by atoms with van der Waals surface area (Å²) < 4.78 is 7.25. The van der Waals surface area contributed by atoms with Crippen LogP contribution in [0.15, 0.2) is 48.8 Å². The lowest BCUT2D eigenvalue weighted by molar-refractivity contribution is -0.114. The smallest absolute Gasteiger partial charge is 0.343 e. The first-order chi connectivity index (χ1) is 11.0. The number of fused-ring (bicyclic) bond motifs is 1. The molecule has 1 N–H and O–H groups in total. The molecule has 0 atom stereocenters. The van der Waals surface area contributed by atoms with Crippen molar-refractivity contribution in [3.05, 3.63) is 54.4 Å². The molecular formula is C17H15N3O3. The fourth-order valence-corrected chi connectivity index (χ4v) is 2.24. The lowest BCUT2D eigenvalue weighted by Crippen LogP contribution is -2.09. The molecule has 2 aromatic carbocycles. The van der Waals surface area contributed by atoms with E-state index < -0.39 is 5.97 Å².